The second-order valence-corrected chi connectivity index (χ2v) is 5.29. The van der Waals surface area contributed by atoms with Gasteiger partial charge in [-0.05, 0) is 12.8 Å². The number of carbonyl (C=O) groups is 1. The number of nitrogens with zero attached hydrogens (tertiary/aromatic N) is 4. The molecular weight excluding hydrogens is 276 g/mol. The van der Waals surface area contributed by atoms with E-state index >= 15 is 0 Å². The lowest BCUT2D eigenvalue weighted by Gasteiger charge is -2.11. The summed E-state index contributed by atoms with van der Waals surface area (Å²) >= 11 is 0. The number of methoxy groups -OCH3 is 1. The minimum absolute atomic E-state index is 0.0575. The Bertz CT molecular complexity index is 825. The standard InChI is InChI=1S/C13H18N4O4/c1-7(2)6-16-10-9(11(18)15(4)12(16)19)17(8(3)14-10)13(20)21-5/h7H,6H2,1-5H3. The summed E-state index contributed by atoms with van der Waals surface area (Å²) in [6, 6.07) is 0. The highest BCUT2D eigenvalue weighted by Gasteiger charge is 2.22. The smallest absolute Gasteiger partial charge is 0.419 e. The molecule has 2 heterocycles. The van der Waals surface area contributed by atoms with Gasteiger partial charge in [0.05, 0.1) is 7.11 Å². The monoisotopic (exact) mass is 294 g/mol. The first-order valence-corrected chi connectivity index (χ1v) is 6.56. The number of ether oxygens (including phenoxy) is 1. The van der Waals surface area contributed by atoms with Crippen molar-refractivity contribution >= 4 is 17.3 Å². The average molecular weight is 294 g/mol. The summed E-state index contributed by atoms with van der Waals surface area (Å²) in [5.41, 5.74) is -0.751. The fourth-order valence-electron chi connectivity index (χ4n) is 2.26. The molecule has 0 aliphatic rings. The maximum atomic E-state index is 12.3. The van der Waals surface area contributed by atoms with Crippen LogP contribution in [-0.4, -0.2) is 31.9 Å². The zero-order valence-corrected chi connectivity index (χ0v) is 12.7. The van der Waals surface area contributed by atoms with E-state index in [0.717, 1.165) is 9.13 Å². The Hall–Kier alpha value is -2.38. The molecule has 0 N–H and O–H groups in total. The summed E-state index contributed by atoms with van der Waals surface area (Å²) in [4.78, 5) is 40.6. The van der Waals surface area contributed by atoms with Gasteiger partial charge < -0.3 is 4.74 Å². The molecule has 0 radical (unpaired) electrons. The molecule has 0 amide bonds. The van der Waals surface area contributed by atoms with E-state index in [1.54, 1.807) is 6.92 Å². The molecule has 8 heteroatoms. The Morgan fingerprint density at radius 3 is 2.48 bits per heavy atom. The molecule has 2 rings (SSSR count). The molecular formula is C13H18N4O4. The number of rotatable bonds is 2. The van der Waals surface area contributed by atoms with Crippen LogP contribution in [0.5, 0.6) is 0 Å². The van der Waals surface area contributed by atoms with Crippen LogP contribution in [0.4, 0.5) is 4.79 Å². The summed E-state index contributed by atoms with van der Waals surface area (Å²) < 4.78 is 8.16. The summed E-state index contributed by atoms with van der Waals surface area (Å²) in [7, 11) is 2.60. The van der Waals surface area contributed by atoms with Crippen molar-refractivity contribution in [1.29, 1.82) is 0 Å². The molecule has 2 aromatic heterocycles. The van der Waals surface area contributed by atoms with E-state index < -0.39 is 17.3 Å². The van der Waals surface area contributed by atoms with E-state index in [1.807, 2.05) is 13.8 Å². The van der Waals surface area contributed by atoms with Crippen molar-refractivity contribution in [2.75, 3.05) is 7.11 Å². The lowest BCUT2D eigenvalue weighted by atomic mass is 10.2. The minimum atomic E-state index is -0.707. The third-order valence-electron chi connectivity index (χ3n) is 3.21. The van der Waals surface area contributed by atoms with Gasteiger partial charge in [-0.25, -0.2) is 19.1 Å². The summed E-state index contributed by atoms with van der Waals surface area (Å²) in [6.07, 6.45) is -0.707. The fraction of sp³-hybridized carbons (Fsp3) is 0.538. The first-order chi connectivity index (χ1) is 9.79. The number of aromatic nitrogens is 4. The number of hydrogen-bond donors (Lipinski definition) is 0. The van der Waals surface area contributed by atoms with E-state index in [0.29, 0.717) is 12.4 Å². The van der Waals surface area contributed by atoms with E-state index in [1.165, 1.54) is 18.7 Å². The molecule has 0 saturated carbocycles. The van der Waals surface area contributed by atoms with Gasteiger partial charge in [-0.2, -0.15) is 0 Å². The molecule has 0 unspecified atom stereocenters. The van der Waals surface area contributed by atoms with Gasteiger partial charge in [0.15, 0.2) is 11.2 Å². The molecule has 0 saturated heterocycles. The van der Waals surface area contributed by atoms with Crippen molar-refractivity contribution in [3.05, 3.63) is 26.7 Å². The van der Waals surface area contributed by atoms with Crippen LogP contribution < -0.4 is 11.2 Å². The Morgan fingerprint density at radius 2 is 1.95 bits per heavy atom. The van der Waals surface area contributed by atoms with Crippen molar-refractivity contribution in [3.8, 4) is 0 Å². The van der Waals surface area contributed by atoms with Crippen LogP contribution in [0.1, 0.15) is 19.7 Å². The maximum absolute atomic E-state index is 12.3. The fourth-order valence-corrected chi connectivity index (χ4v) is 2.26. The third kappa shape index (κ3) is 2.26. The molecule has 21 heavy (non-hydrogen) atoms. The normalized spacial score (nSPS) is 11.3. The number of fused-ring (bicyclic) bond motifs is 1. The van der Waals surface area contributed by atoms with Gasteiger partial charge in [0.1, 0.15) is 5.82 Å². The van der Waals surface area contributed by atoms with Crippen LogP contribution >= 0.6 is 0 Å². The maximum Gasteiger partial charge on any atom is 0.419 e. The first kappa shape index (κ1) is 15.0. The highest BCUT2D eigenvalue weighted by Crippen LogP contribution is 2.12. The van der Waals surface area contributed by atoms with E-state index in [9.17, 15) is 14.4 Å². The van der Waals surface area contributed by atoms with E-state index in [-0.39, 0.29) is 17.1 Å². The minimum Gasteiger partial charge on any atom is -0.452 e. The molecule has 0 atom stereocenters. The molecule has 0 spiro atoms. The Kier molecular flexibility index (Phi) is 3.71. The summed E-state index contributed by atoms with van der Waals surface area (Å²) in [5.74, 6) is 0.490. The molecule has 0 fully saturated rings. The van der Waals surface area contributed by atoms with Gasteiger partial charge in [0.2, 0.25) is 0 Å². The van der Waals surface area contributed by atoms with Crippen LogP contribution in [0, 0.1) is 12.8 Å². The van der Waals surface area contributed by atoms with Crippen molar-refractivity contribution in [1.82, 2.24) is 18.7 Å². The van der Waals surface area contributed by atoms with E-state index in [4.69, 9.17) is 0 Å². The van der Waals surface area contributed by atoms with Gasteiger partial charge in [0, 0.05) is 13.6 Å². The molecule has 0 aromatic carbocycles. The van der Waals surface area contributed by atoms with Crippen molar-refractivity contribution in [3.63, 3.8) is 0 Å². The summed E-state index contributed by atoms with van der Waals surface area (Å²) in [6.45, 7) is 5.89. The zero-order chi connectivity index (χ0) is 15.9. The third-order valence-corrected chi connectivity index (χ3v) is 3.21. The quantitative estimate of drug-likeness (QED) is 0.803. The largest absolute Gasteiger partial charge is 0.452 e. The highest BCUT2D eigenvalue weighted by atomic mass is 16.5. The van der Waals surface area contributed by atoms with E-state index in [2.05, 4.69) is 9.72 Å². The molecule has 0 aliphatic heterocycles. The molecule has 0 aliphatic carbocycles. The summed E-state index contributed by atoms with van der Waals surface area (Å²) in [5, 5.41) is 0. The van der Waals surface area contributed by atoms with Crippen LogP contribution in [-0.2, 0) is 18.3 Å². The lowest BCUT2D eigenvalue weighted by Crippen LogP contribution is -2.39. The van der Waals surface area contributed by atoms with Crippen molar-refractivity contribution in [2.45, 2.75) is 27.3 Å². The van der Waals surface area contributed by atoms with Gasteiger partial charge in [-0.1, -0.05) is 13.8 Å². The Balaban J connectivity index is 2.98. The number of aryl methyl sites for hydroxylation is 1. The average Bonchev–Trinajstić information content (AvgIpc) is 2.77. The predicted octanol–water partition coefficient (Wildman–Crippen LogP) is 0.476. The van der Waals surface area contributed by atoms with Gasteiger partial charge in [0.25, 0.3) is 5.56 Å². The predicted molar refractivity (Wildman–Crippen MR) is 76.6 cm³/mol. The SMILES string of the molecule is COC(=O)n1c(C)nc2c1c(=O)n(C)c(=O)n2CC(C)C. The second kappa shape index (κ2) is 5.19. The van der Waals surface area contributed by atoms with Gasteiger partial charge >= 0.3 is 11.8 Å². The molecule has 0 bridgehead atoms. The molecule has 114 valence electrons. The second-order valence-electron chi connectivity index (χ2n) is 5.29. The van der Waals surface area contributed by atoms with Crippen molar-refractivity contribution < 1.29 is 9.53 Å². The highest BCUT2D eigenvalue weighted by molar-refractivity contribution is 5.85. The lowest BCUT2D eigenvalue weighted by molar-refractivity contribution is 0.173. The number of hydrogen-bond acceptors (Lipinski definition) is 5. The van der Waals surface area contributed by atoms with Crippen LogP contribution in [0.15, 0.2) is 9.59 Å². The number of carbonyl (C=O) groups excluding carboxylic acids is 1. The van der Waals surface area contributed by atoms with Crippen LogP contribution in [0.3, 0.4) is 0 Å². The zero-order valence-electron chi connectivity index (χ0n) is 12.7. The first-order valence-electron chi connectivity index (χ1n) is 6.56. The van der Waals surface area contributed by atoms with Crippen LogP contribution in [0.2, 0.25) is 0 Å². The van der Waals surface area contributed by atoms with Gasteiger partial charge in [-0.3, -0.25) is 13.9 Å². The van der Waals surface area contributed by atoms with Gasteiger partial charge in [-0.15, -0.1) is 0 Å². The molecule has 2 aromatic rings. The topological polar surface area (TPSA) is 88.1 Å². The van der Waals surface area contributed by atoms with Crippen LogP contribution in [0.25, 0.3) is 11.2 Å². The van der Waals surface area contributed by atoms with Crippen molar-refractivity contribution in [2.24, 2.45) is 13.0 Å². The Labute approximate surface area is 120 Å². The molecule has 8 nitrogen and oxygen atoms in total. The Morgan fingerprint density at radius 1 is 1.33 bits per heavy atom. The number of imidazole rings is 1.